The molecule has 4 nitrogen and oxygen atoms in total. The van der Waals surface area contributed by atoms with Crippen molar-refractivity contribution in [3.63, 3.8) is 0 Å². The van der Waals surface area contributed by atoms with Gasteiger partial charge in [-0.2, -0.15) is 0 Å². The highest BCUT2D eigenvalue weighted by Gasteiger charge is 2.19. The van der Waals surface area contributed by atoms with Crippen LogP contribution in [-0.2, 0) is 4.79 Å². The van der Waals surface area contributed by atoms with Crippen molar-refractivity contribution in [1.82, 2.24) is 0 Å². The molecule has 0 amide bonds. The fourth-order valence-electron chi connectivity index (χ4n) is 1.65. The van der Waals surface area contributed by atoms with Gasteiger partial charge in [-0.25, -0.2) is 0 Å². The summed E-state index contributed by atoms with van der Waals surface area (Å²) in [5, 5.41) is 10.5. The monoisotopic (exact) mass is 221 g/mol. The average molecular weight is 221 g/mol. The topological polar surface area (TPSA) is 60.2 Å². The van der Waals surface area contributed by atoms with Crippen molar-refractivity contribution in [2.24, 2.45) is 0 Å². The summed E-state index contributed by atoms with van der Waals surface area (Å²) in [7, 11) is 0. The van der Waals surface area contributed by atoms with E-state index >= 15 is 0 Å². The van der Waals surface area contributed by atoms with Crippen LogP contribution in [0.15, 0.2) is 24.3 Å². The number of carbonyl (C=O) groups is 1. The SMILES string of the molecule is CC(=O)CC(C[N+](=O)[O-])c1ccc(C)cc1. The second kappa shape index (κ2) is 5.39. The second-order valence-electron chi connectivity index (χ2n) is 4.03. The molecule has 1 unspecified atom stereocenters. The van der Waals surface area contributed by atoms with Crippen LogP contribution >= 0.6 is 0 Å². The molecule has 0 aliphatic rings. The molecule has 0 aliphatic heterocycles. The Morgan fingerprint density at radius 2 is 1.94 bits per heavy atom. The first-order valence-corrected chi connectivity index (χ1v) is 5.17. The van der Waals surface area contributed by atoms with Crippen molar-refractivity contribution in [2.75, 3.05) is 6.54 Å². The van der Waals surface area contributed by atoms with E-state index in [4.69, 9.17) is 0 Å². The number of carbonyl (C=O) groups excluding carboxylic acids is 1. The quantitative estimate of drug-likeness (QED) is 0.566. The minimum atomic E-state index is -0.368. The minimum Gasteiger partial charge on any atom is -0.300 e. The molecule has 0 aliphatic carbocycles. The van der Waals surface area contributed by atoms with Gasteiger partial charge in [-0.1, -0.05) is 29.8 Å². The number of Topliss-reactive ketones (excluding diaryl/α,β-unsaturated/α-hetero) is 1. The van der Waals surface area contributed by atoms with Gasteiger partial charge in [0.05, 0.1) is 5.92 Å². The molecule has 1 atom stereocenters. The molecule has 0 fully saturated rings. The number of rotatable bonds is 5. The van der Waals surface area contributed by atoms with Gasteiger partial charge in [0.1, 0.15) is 5.78 Å². The number of hydrogen-bond acceptors (Lipinski definition) is 3. The van der Waals surface area contributed by atoms with Gasteiger partial charge in [-0.3, -0.25) is 10.1 Å². The predicted molar refractivity (Wildman–Crippen MR) is 61.1 cm³/mol. The van der Waals surface area contributed by atoms with E-state index in [1.807, 2.05) is 31.2 Å². The van der Waals surface area contributed by atoms with Crippen LogP contribution in [0.5, 0.6) is 0 Å². The number of nitro groups is 1. The van der Waals surface area contributed by atoms with Crippen molar-refractivity contribution >= 4 is 5.78 Å². The maximum Gasteiger partial charge on any atom is 0.211 e. The Balaban J connectivity index is 2.86. The van der Waals surface area contributed by atoms with Gasteiger partial charge < -0.3 is 4.79 Å². The lowest BCUT2D eigenvalue weighted by molar-refractivity contribution is -0.483. The molecule has 0 radical (unpaired) electrons. The third-order valence-corrected chi connectivity index (χ3v) is 2.45. The second-order valence-corrected chi connectivity index (χ2v) is 4.03. The van der Waals surface area contributed by atoms with E-state index in [2.05, 4.69) is 0 Å². The highest BCUT2D eigenvalue weighted by Crippen LogP contribution is 2.20. The van der Waals surface area contributed by atoms with E-state index in [9.17, 15) is 14.9 Å². The minimum absolute atomic E-state index is 0.0209. The molecule has 0 bridgehead atoms. The molecule has 0 saturated carbocycles. The average Bonchev–Trinajstić information content (AvgIpc) is 2.16. The lowest BCUT2D eigenvalue weighted by Crippen LogP contribution is -2.15. The van der Waals surface area contributed by atoms with Crippen molar-refractivity contribution in [3.8, 4) is 0 Å². The molecule has 4 heteroatoms. The van der Waals surface area contributed by atoms with E-state index in [0.717, 1.165) is 11.1 Å². The summed E-state index contributed by atoms with van der Waals surface area (Å²) in [6.45, 7) is 3.22. The zero-order valence-corrected chi connectivity index (χ0v) is 9.47. The first-order valence-electron chi connectivity index (χ1n) is 5.17. The van der Waals surface area contributed by atoms with Gasteiger partial charge in [0.2, 0.25) is 6.54 Å². The van der Waals surface area contributed by atoms with Crippen LogP contribution in [0.1, 0.15) is 30.4 Å². The van der Waals surface area contributed by atoms with E-state index < -0.39 is 0 Å². The zero-order valence-electron chi connectivity index (χ0n) is 9.47. The molecule has 86 valence electrons. The highest BCUT2D eigenvalue weighted by atomic mass is 16.6. The van der Waals surface area contributed by atoms with Gasteiger partial charge in [0.25, 0.3) is 0 Å². The van der Waals surface area contributed by atoms with Crippen molar-refractivity contribution in [1.29, 1.82) is 0 Å². The normalized spacial score (nSPS) is 12.1. The van der Waals surface area contributed by atoms with Crippen LogP contribution in [0.4, 0.5) is 0 Å². The van der Waals surface area contributed by atoms with Gasteiger partial charge in [-0.15, -0.1) is 0 Å². The maximum atomic E-state index is 11.1. The number of benzene rings is 1. The Morgan fingerprint density at radius 1 is 1.38 bits per heavy atom. The first kappa shape index (κ1) is 12.4. The van der Waals surface area contributed by atoms with Crippen LogP contribution in [0.3, 0.4) is 0 Å². The van der Waals surface area contributed by atoms with E-state index in [-0.39, 0.29) is 29.6 Å². The standard InChI is InChI=1S/C12H15NO3/c1-9-3-5-11(6-4-9)12(7-10(2)14)8-13(15)16/h3-6,12H,7-8H2,1-2H3. The first-order chi connectivity index (χ1) is 7.49. The van der Waals surface area contributed by atoms with E-state index in [1.54, 1.807) is 0 Å². The molecule has 0 heterocycles. The molecule has 0 spiro atoms. The highest BCUT2D eigenvalue weighted by molar-refractivity contribution is 5.76. The Labute approximate surface area is 94.4 Å². The predicted octanol–water partition coefficient (Wildman–Crippen LogP) is 2.33. The van der Waals surface area contributed by atoms with Crippen LogP contribution in [0, 0.1) is 17.0 Å². The van der Waals surface area contributed by atoms with Crippen LogP contribution < -0.4 is 0 Å². The summed E-state index contributed by atoms with van der Waals surface area (Å²) < 4.78 is 0. The maximum absolute atomic E-state index is 11.1. The molecule has 16 heavy (non-hydrogen) atoms. The van der Waals surface area contributed by atoms with Crippen LogP contribution in [0.2, 0.25) is 0 Å². The van der Waals surface area contributed by atoms with Gasteiger partial charge in [-0.05, 0) is 19.4 Å². The molecule has 0 N–H and O–H groups in total. The lowest BCUT2D eigenvalue weighted by atomic mass is 9.93. The number of ketones is 1. The number of hydrogen-bond donors (Lipinski definition) is 0. The molecule has 1 aromatic rings. The summed E-state index contributed by atoms with van der Waals surface area (Å²) in [5.74, 6) is -0.333. The molecule has 0 aromatic heterocycles. The summed E-state index contributed by atoms with van der Waals surface area (Å²) >= 11 is 0. The van der Waals surface area contributed by atoms with Gasteiger partial charge >= 0.3 is 0 Å². The Bertz CT molecular complexity index is 368. The molecule has 1 aromatic carbocycles. The largest absolute Gasteiger partial charge is 0.300 e. The zero-order chi connectivity index (χ0) is 12.1. The Kier molecular flexibility index (Phi) is 4.17. The summed E-state index contributed by atoms with van der Waals surface area (Å²) in [6.07, 6.45) is 0.226. The Morgan fingerprint density at radius 3 is 2.38 bits per heavy atom. The van der Waals surface area contributed by atoms with E-state index in [1.165, 1.54) is 6.92 Å². The smallest absolute Gasteiger partial charge is 0.211 e. The lowest BCUT2D eigenvalue weighted by Gasteiger charge is -2.11. The third kappa shape index (κ3) is 3.81. The molecule has 1 rings (SSSR count). The van der Waals surface area contributed by atoms with Gasteiger partial charge in [0, 0.05) is 11.3 Å². The third-order valence-electron chi connectivity index (χ3n) is 2.45. The van der Waals surface area contributed by atoms with Crippen molar-refractivity contribution in [3.05, 3.63) is 45.5 Å². The number of nitrogens with zero attached hydrogens (tertiary/aromatic N) is 1. The molecule has 0 saturated heterocycles. The Hall–Kier alpha value is -1.71. The van der Waals surface area contributed by atoms with Crippen LogP contribution in [0.25, 0.3) is 0 Å². The number of aryl methyl sites for hydroxylation is 1. The summed E-state index contributed by atoms with van der Waals surface area (Å²) in [4.78, 5) is 21.2. The fraction of sp³-hybridized carbons (Fsp3) is 0.417. The summed E-state index contributed by atoms with van der Waals surface area (Å²) in [6, 6.07) is 7.52. The molecular formula is C12H15NO3. The van der Waals surface area contributed by atoms with Crippen molar-refractivity contribution in [2.45, 2.75) is 26.2 Å². The van der Waals surface area contributed by atoms with E-state index in [0.29, 0.717) is 0 Å². The van der Waals surface area contributed by atoms with Crippen molar-refractivity contribution < 1.29 is 9.72 Å². The fourth-order valence-corrected chi connectivity index (χ4v) is 1.65. The van der Waals surface area contributed by atoms with Crippen LogP contribution in [-0.4, -0.2) is 17.3 Å². The summed E-state index contributed by atoms with van der Waals surface area (Å²) in [5.41, 5.74) is 1.96. The molecular weight excluding hydrogens is 206 g/mol. The van der Waals surface area contributed by atoms with Gasteiger partial charge in [0.15, 0.2) is 0 Å².